The lowest BCUT2D eigenvalue weighted by atomic mass is 9.91. The number of pyridine rings is 1. The first-order valence-electron chi connectivity index (χ1n) is 7.25. The Bertz CT molecular complexity index is 751. The van der Waals surface area contributed by atoms with Crippen LogP contribution in [0, 0.1) is 5.92 Å². The molecule has 1 aromatic rings. The molecule has 0 bridgehead atoms. The summed E-state index contributed by atoms with van der Waals surface area (Å²) in [6, 6.07) is 5.23. The second kappa shape index (κ2) is 5.75. The van der Waals surface area contributed by atoms with Gasteiger partial charge in [0.05, 0.1) is 18.0 Å². The molecular formula is C16H17N5O2. The highest BCUT2D eigenvalue weighted by Gasteiger charge is 2.44. The van der Waals surface area contributed by atoms with Gasteiger partial charge in [0.2, 0.25) is 5.91 Å². The molecule has 2 aliphatic rings. The molecule has 3 rings (SSSR count). The molecule has 0 spiro atoms. The highest BCUT2D eigenvalue weighted by Crippen LogP contribution is 2.25. The Labute approximate surface area is 134 Å². The van der Waals surface area contributed by atoms with Gasteiger partial charge in [0.15, 0.2) is 0 Å². The molecule has 3 amide bonds. The van der Waals surface area contributed by atoms with Gasteiger partial charge in [-0.15, -0.1) is 0 Å². The van der Waals surface area contributed by atoms with Crippen LogP contribution in [0.1, 0.15) is 12.6 Å². The van der Waals surface area contributed by atoms with Crippen molar-refractivity contribution in [3.8, 4) is 0 Å². The van der Waals surface area contributed by atoms with Gasteiger partial charge in [-0.05, 0) is 24.6 Å². The van der Waals surface area contributed by atoms with Crippen molar-refractivity contribution in [2.45, 2.75) is 13.5 Å². The van der Waals surface area contributed by atoms with Crippen molar-refractivity contribution in [1.82, 2.24) is 14.8 Å². The fourth-order valence-corrected chi connectivity index (χ4v) is 2.65. The minimum absolute atomic E-state index is 0.306. The number of hydrogen-bond donors (Lipinski definition) is 0. The van der Waals surface area contributed by atoms with Gasteiger partial charge in [0, 0.05) is 26.5 Å². The van der Waals surface area contributed by atoms with E-state index in [4.69, 9.17) is 0 Å². The number of allylic oxidation sites excluding steroid dienone is 1. The van der Waals surface area contributed by atoms with Crippen molar-refractivity contribution in [2.24, 2.45) is 15.9 Å². The number of nitrogens with zero attached hydrogens (tertiary/aromatic N) is 5. The summed E-state index contributed by atoms with van der Waals surface area (Å²) in [4.78, 5) is 40.2. The molecule has 7 nitrogen and oxygen atoms in total. The number of amides is 3. The van der Waals surface area contributed by atoms with Crippen molar-refractivity contribution >= 4 is 23.5 Å². The van der Waals surface area contributed by atoms with Crippen LogP contribution in [0.2, 0.25) is 0 Å². The zero-order chi connectivity index (χ0) is 16.6. The molecule has 7 heteroatoms. The van der Waals surface area contributed by atoms with E-state index in [0.29, 0.717) is 18.1 Å². The zero-order valence-corrected chi connectivity index (χ0v) is 13.2. The SMILES string of the molecule is CC1=CN=C2C(C(=O)N(C)C(=O)N2C)C1=NCc1ccccn1. The molecule has 0 saturated carbocycles. The summed E-state index contributed by atoms with van der Waals surface area (Å²) in [6.07, 6.45) is 3.35. The first kappa shape index (κ1) is 15.1. The second-order valence-corrected chi connectivity index (χ2v) is 5.49. The first-order chi connectivity index (χ1) is 11.0. The van der Waals surface area contributed by atoms with Crippen LogP contribution >= 0.6 is 0 Å². The van der Waals surface area contributed by atoms with Crippen LogP contribution in [-0.2, 0) is 11.3 Å². The van der Waals surface area contributed by atoms with E-state index in [1.165, 1.54) is 11.9 Å². The molecule has 0 N–H and O–H groups in total. The van der Waals surface area contributed by atoms with E-state index >= 15 is 0 Å². The average molecular weight is 311 g/mol. The molecule has 1 aromatic heterocycles. The van der Waals surface area contributed by atoms with Crippen molar-refractivity contribution in [2.75, 3.05) is 14.1 Å². The maximum absolute atomic E-state index is 12.6. The third kappa shape index (κ3) is 2.54. The van der Waals surface area contributed by atoms with Gasteiger partial charge in [-0.25, -0.2) is 9.79 Å². The quantitative estimate of drug-likeness (QED) is 0.830. The highest BCUT2D eigenvalue weighted by atomic mass is 16.2. The summed E-state index contributed by atoms with van der Waals surface area (Å²) in [5.74, 6) is -0.529. The van der Waals surface area contributed by atoms with Crippen LogP contribution in [0.3, 0.4) is 0 Å². The lowest BCUT2D eigenvalue weighted by molar-refractivity contribution is -0.128. The number of imide groups is 1. The molecule has 1 saturated heterocycles. The van der Waals surface area contributed by atoms with E-state index in [-0.39, 0.29) is 11.9 Å². The first-order valence-corrected chi connectivity index (χ1v) is 7.25. The summed E-state index contributed by atoms with van der Waals surface area (Å²) in [7, 11) is 3.09. The molecule has 118 valence electrons. The molecule has 0 aromatic carbocycles. The average Bonchev–Trinajstić information content (AvgIpc) is 2.57. The number of aromatic nitrogens is 1. The number of fused-ring (bicyclic) bond motifs is 1. The van der Waals surface area contributed by atoms with Gasteiger partial charge < -0.3 is 0 Å². The van der Waals surface area contributed by atoms with E-state index in [2.05, 4.69) is 15.0 Å². The van der Waals surface area contributed by atoms with Gasteiger partial charge in [-0.3, -0.25) is 24.6 Å². The Morgan fingerprint density at radius 3 is 2.70 bits per heavy atom. The molecule has 3 heterocycles. The predicted molar refractivity (Wildman–Crippen MR) is 86.0 cm³/mol. The normalized spacial score (nSPS) is 22.9. The molecular weight excluding hydrogens is 294 g/mol. The van der Waals surface area contributed by atoms with E-state index < -0.39 is 5.92 Å². The Balaban J connectivity index is 1.97. The summed E-state index contributed by atoms with van der Waals surface area (Å²) in [5.41, 5.74) is 2.27. The second-order valence-electron chi connectivity index (χ2n) is 5.49. The van der Waals surface area contributed by atoms with Gasteiger partial charge in [-0.2, -0.15) is 0 Å². The molecule has 1 unspecified atom stereocenters. The fraction of sp³-hybridized carbons (Fsp3) is 0.312. The van der Waals surface area contributed by atoms with Crippen molar-refractivity contribution in [3.63, 3.8) is 0 Å². The summed E-state index contributed by atoms with van der Waals surface area (Å²) in [6.45, 7) is 2.24. The third-order valence-electron chi connectivity index (χ3n) is 3.96. The monoisotopic (exact) mass is 311 g/mol. The van der Waals surface area contributed by atoms with Crippen LogP contribution in [0.5, 0.6) is 0 Å². The van der Waals surface area contributed by atoms with Crippen LogP contribution in [0.15, 0.2) is 46.2 Å². The molecule has 0 radical (unpaired) electrons. The summed E-state index contributed by atoms with van der Waals surface area (Å²) in [5, 5.41) is 0. The minimum Gasteiger partial charge on any atom is -0.284 e. The minimum atomic E-state index is -0.642. The van der Waals surface area contributed by atoms with Crippen LogP contribution in [0.25, 0.3) is 0 Å². The number of carbonyl (C=O) groups excluding carboxylic acids is 2. The molecule has 0 aliphatic carbocycles. The van der Waals surface area contributed by atoms with Gasteiger partial charge >= 0.3 is 6.03 Å². The maximum atomic E-state index is 12.6. The number of carbonyl (C=O) groups is 2. The van der Waals surface area contributed by atoms with Gasteiger partial charge in [-0.1, -0.05) is 6.07 Å². The Hall–Kier alpha value is -2.83. The smallest absolute Gasteiger partial charge is 0.284 e. The molecule has 1 fully saturated rings. The van der Waals surface area contributed by atoms with Crippen LogP contribution < -0.4 is 0 Å². The largest absolute Gasteiger partial charge is 0.331 e. The topological polar surface area (TPSA) is 78.2 Å². The number of amidine groups is 1. The van der Waals surface area contributed by atoms with E-state index in [1.807, 2.05) is 25.1 Å². The predicted octanol–water partition coefficient (Wildman–Crippen LogP) is 1.48. The maximum Gasteiger partial charge on any atom is 0.331 e. The number of rotatable bonds is 2. The Morgan fingerprint density at radius 2 is 2.00 bits per heavy atom. The highest BCUT2D eigenvalue weighted by molar-refractivity contribution is 6.33. The number of aliphatic imine (C=N–C) groups is 2. The van der Waals surface area contributed by atoms with Gasteiger partial charge in [0.25, 0.3) is 0 Å². The number of hydrogen-bond acceptors (Lipinski definition) is 5. The number of urea groups is 1. The van der Waals surface area contributed by atoms with Crippen LogP contribution in [-0.4, -0.2) is 52.4 Å². The summed E-state index contributed by atoms with van der Waals surface area (Å²) < 4.78 is 0. The Kier molecular flexibility index (Phi) is 3.77. The zero-order valence-electron chi connectivity index (χ0n) is 13.2. The standard InChI is InChI=1S/C16H17N5O2/c1-10-8-19-14-12(15(22)21(3)16(23)20(14)2)13(10)18-9-11-6-4-5-7-17-11/h4-8,12H,9H2,1-3H3. The summed E-state index contributed by atoms with van der Waals surface area (Å²) >= 11 is 0. The van der Waals surface area contributed by atoms with Crippen molar-refractivity contribution in [3.05, 3.63) is 41.9 Å². The van der Waals surface area contributed by atoms with Crippen molar-refractivity contribution < 1.29 is 9.59 Å². The Morgan fingerprint density at radius 1 is 1.22 bits per heavy atom. The third-order valence-corrected chi connectivity index (χ3v) is 3.96. The molecule has 23 heavy (non-hydrogen) atoms. The lowest BCUT2D eigenvalue weighted by Gasteiger charge is -2.37. The van der Waals surface area contributed by atoms with Crippen LogP contribution in [0.4, 0.5) is 4.79 Å². The van der Waals surface area contributed by atoms with E-state index in [9.17, 15) is 9.59 Å². The van der Waals surface area contributed by atoms with E-state index in [0.717, 1.165) is 16.2 Å². The molecule has 2 aliphatic heterocycles. The van der Waals surface area contributed by atoms with E-state index in [1.54, 1.807) is 19.4 Å². The molecule has 1 atom stereocenters. The van der Waals surface area contributed by atoms with Gasteiger partial charge in [0.1, 0.15) is 11.8 Å². The lowest BCUT2D eigenvalue weighted by Crippen LogP contribution is -2.59. The fourth-order valence-electron chi connectivity index (χ4n) is 2.65. The van der Waals surface area contributed by atoms with Crippen molar-refractivity contribution in [1.29, 1.82) is 0 Å².